The lowest BCUT2D eigenvalue weighted by Crippen LogP contribution is -2.35. The molecule has 0 bridgehead atoms. The molecule has 0 spiro atoms. The number of hydrogen-bond acceptors (Lipinski definition) is 3. The van der Waals surface area contributed by atoms with Gasteiger partial charge in [-0.1, -0.05) is 17.7 Å². The molecule has 12 heteroatoms. The Morgan fingerprint density at radius 3 is 2.55 bits per heavy atom. The molecule has 1 aromatic carbocycles. The van der Waals surface area contributed by atoms with Gasteiger partial charge in [0.15, 0.2) is 12.3 Å². The van der Waals surface area contributed by atoms with Crippen LogP contribution in [0.2, 0.25) is 5.02 Å². The smallest absolute Gasteiger partial charge is 0.345 e. The van der Waals surface area contributed by atoms with Crippen LogP contribution in [0.15, 0.2) is 35.5 Å². The zero-order valence-electron chi connectivity index (χ0n) is 15.6. The van der Waals surface area contributed by atoms with Gasteiger partial charge in [0, 0.05) is 11.8 Å². The van der Waals surface area contributed by atoms with Crippen molar-refractivity contribution in [2.24, 2.45) is 0 Å². The van der Waals surface area contributed by atoms with Crippen LogP contribution in [-0.4, -0.2) is 50.8 Å². The van der Waals surface area contributed by atoms with Crippen molar-refractivity contribution in [1.82, 2.24) is 19.4 Å². The summed E-state index contributed by atoms with van der Waals surface area (Å²) in [6.07, 6.45) is -5.85. The van der Waals surface area contributed by atoms with Gasteiger partial charge in [-0.15, -0.1) is 0 Å². The molecule has 3 heterocycles. The second-order valence-corrected chi connectivity index (χ2v) is 7.53. The summed E-state index contributed by atoms with van der Waals surface area (Å²) in [5.41, 5.74) is -1.42. The Labute approximate surface area is 176 Å². The van der Waals surface area contributed by atoms with Crippen LogP contribution in [0, 0.1) is 0 Å². The van der Waals surface area contributed by atoms with Crippen LogP contribution in [0.4, 0.5) is 22.0 Å². The van der Waals surface area contributed by atoms with Crippen molar-refractivity contribution in [2.75, 3.05) is 13.1 Å². The molecule has 1 aliphatic rings. The van der Waals surface area contributed by atoms with E-state index in [1.165, 1.54) is 12.3 Å². The lowest BCUT2D eigenvalue weighted by atomic mass is 10.0. The Morgan fingerprint density at radius 1 is 1.23 bits per heavy atom. The molecular weight excluding hydrogens is 447 g/mol. The molecule has 1 fully saturated rings. The minimum absolute atomic E-state index is 0.0288. The standard InChI is InChI=1S/C19H14ClF5N4O2/c20-12-2-1-9(3-11(12)19(23,24)25)10-4-26-17-16(10)18(31)29(8-27-17)7-15(30)28-5-13(21)14(22)6-28/h1-4,8,13-14,26H,5-7H2. The fourth-order valence-electron chi connectivity index (χ4n) is 3.48. The minimum Gasteiger partial charge on any atom is -0.345 e. The average Bonchev–Trinajstić information content (AvgIpc) is 3.27. The summed E-state index contributed by atoms with van der Waals surface area (Å²) in [7, 11) is 0. The van der Waals surface area contributed by atoms with Crippen molar-refractivity contribution in [1.29, 1.82) is 0 Å². The van der Waals surface area contributed by atoms with Crippen molar-refractivity contribution in [3.8, 4) is 11.1 Å². The van der Waals surface area contributed by atoms with E-state index in [0.717, 1.165) is 27.9 Å². The maximum absolute atomic E-state index is 13.4. The molecule has 1 amide bonds. The third-order valence-corrected chi connectivity index (χ3v) is 5.41. The Hall–Kier alpha value is -2.95. The van der Waals surface area contributed by atoms with Crippen molar-refractivity contribution in [2.45, 2.75) is 25.1 Å². The Kier molecular flexibility index (Phi) is 5.24. The van der Waals surface area contributed by atoms with Gasteiger partial charge in [-0.3, -0.25) is 14.2 Å². The van der Waals surface area contributed by atoms with Gasteiger partial charge in [-0.25, -0.2) is 13.8 Å². The first-order valence-corrected chi connectivity index (χ1v) is 9.43. The number of aromatic nitrogens is 3. The fraction of sp³-hybridized carbons (Fsp3) is 0.316. The molecular formula is C19H14ClF5N4O2. The van der Waals surface area contributed by atoms with E-state index in [0.29, 0.717) is 0 Å². The predicted molar refractivity (Wildman–Crippen MR) is 102 cm³/mol. The minimum atomic E-state index is -4.69. The van der Waals surface area contributed by atoms with E-state index < -0.39 is 60.2 Å². The molecule has 3 aromatic rings. The molecule has 1 saturated heterocycles. The monoisotopic (exact) mass is 460 g/mol. The van der Waals surface area contributed by atoms with Gasteiger partial charge in [0.25, 0.3) is 5.56 Å². The molecule has 2 aromatic heterocycles. The quantitative estimate of drug-likeness (QED) is 0.607. The van der Waals surface area contributed by atoms with Crippen molar-refractivity contribution < 1.29 is 26.7 Å². The van der Waals surface area contributed by atoms with Crippen LogP contribution in [0.5, 0.6) is 0 Å². The van der Waals surface area contributed by atoms with E-state index in [4.69, 9.17) is 11.6 Å². The van der Waals surface area contributed by atoms with Crippen LogP contribution in [-0.2, 0) is 17.5 Å². The van der Waals surface area contributed by atoms with Crippen LogP contribution in [0.1, 0.15) is 5.56 Å². The number of alkyl halides is 5. The van der Waals surface area contributed by atoms with Crippen molar-refractivity contribution in [3.63, 3.8) is 0 Å². The van der Waals surface area contributed by atoms with Crippen LogP contribution < -0.4 is 5.56 Å². The van der Waals surface area contributed by atoms with Crippen molar-refractivity contribution >= 4 is 28.5 Å². The number of nitrogens with one attached hydrogen (secondary N) is 1. The van der Waals surface area contributed by atoms with Gasteiger partial charge in [-0.05, 0) is 17.7 Å². The Balaban J connectivity index is 1.72. The predicted octanol–water partition coefficient (Wildman–Crippen LogP) is 3.58. The summed E-state index contributed by atoms with van der Waals surface area (Å²) in [6.45, 7) is -1.34. The lowest BCUT2D eigenvalue weighted by Gasteiger charge is -2.15. The number of fused-ring (bicyclic) bond motifs is 1. The highest BCUT2D eigenvalue weighted by Gasteiger charge is 2.36. The third kappa shape index (κ3) is 3.89. The highest BCUT2D eigenvalue weighted by molar-refractivity contribution is 6.31. The maximum Gasteiger partial charge on any atom is 0.417 e. The average molecular weight is 461 g/mol. The lowest BCUT2D eigenvalue weighted by molar-refractivity contribution is -0.137. The second-order valence-electron chi connectivity index (χ2n) is 7.13. The number of halogens is 6. The number of likely N-dealkylation sites (tertiary alicyclic amines) is 1. The van der Waals surface area contributed by atoms with Gasteiger partial charge in [0.2, 0.25) is 5.91 Å². The van der Waals surface area contributed by atoms with Crippen molar-refractivity contribution in [3.05, 3.63) is 51.7 Å². The fourth-order valence-corrected chi connectivity index (χ4v) is 3.70. The highest BCUT2D eigenvalue weighted by Crippen LogP contribution is 2.38. The number of hydrogen-bond donors (Lipinski definition) is 1. The van der Waals surface area contributed by atoms with Crippen LogP contribution in [0.3, 0.4) is 0 Å². The van der Waals surface area contributed by atoms with Gasteiger partial charge < -0.3 is 9.88 Å². The highest BCUT2D eigenvalue weighted by atomic mass is 35.5. The van der Waals surface area contributed by atoms with E-state index >= 15 is 0 Å². The number of aromatic amines is 1. The van der Waals surface area contributed by atoms with Gasteiger partial charge >= 0.3 is 6.18 Å². The number of carbonyl (C=O) groups is 1. The summed E-state index contributed by atoms with van der Waals surface area (Å²) < 4.78 is 67.3. The number of benzene rings is 1. The third-order valence-electron chi connectivity index (χ3n) is 5.08. The molecule has 0 aliphatic carbocycles. The van der Waals surface area contributed by atoms with Gasteiger partial charge in [0.1, 0.15) is 18.5 Å². The van der Waals surface area contributed by atoms with E-state index in [1.807, 2.05) is 0 Å². The first kappa shape index (κ1) is 21.3. The molecule has 1 N–H and O–H groups in total. The zero-order chi connectivity index (χ0) is 22.5. The van der Waals surface area contributed by atoms with E-state index in [1.54, 1.807) is 0 Å². The first-order valence-electron chi connectivity index (χ1n) is 9.06. The zero-order valence-corrected chi connectivity index (χ0v) is 16.3. The Morgan fingerprint density at radius 2 is 1.90 bits per heavy atom. The number of amides is 1. The first-order chi connectivity index (χ1) is 14.6. The molecule has 31 heavy (non-hydrogen) atoms. The molecule has 1 aliphatic heterocycles. The topological polar surface area (TPSA) is 71.0 Å². The summed E-state index contributed by atoms with van der Waals surface area (Å²) in [5.74, 6) is -0.672. The number of H-pyrrole nitrogens is 1. The maximum atomic E-state index is 13.4. The number of rotatable bonds is 3. The normalized spacial score (nSPS) is 19.4. The summed E-state index contributed by atoms with van der Waals surface area (Å²) >= 11 is 5.66. The number of carbonyl (C=O) groups excluding carboxylic acids is 1. The Bertz CT molecular complexity index is 1210. The van der Waals surface area contributed by atoms with E-state index in [-0.39, 0.29) is 22.2 Å². The summed E-state index contributed by atoms with van der Waals surface area (Å²) in [5, 5.41) is -0.515. The van der Waals surface area contributed by atoms with E-state index in [9.17, 15) is 31.5 Å². The SMILES string of the molecule is O=C(Cn1cnc2[nH]cc(-c3ccc(Cl)c(C(F)(F)F)c3)c2c1=O)N1CC(F)C(F)C1. The molecule has 6 nitrogen and oxygen atoms in total. The largest absolute Gasteiger partial charge is 0.417 e. The summed E-state index contributed by atoms with van der Waals surface area (Å²) in [6, 6.07) is 3.22. The van der Waals surface area contributed by atoms with Crippen LogP contribution >= 0.6 is 11.6 Å². The number of nitrogens with zero attached hydrogens (tertiary/aromatic N) is 3. The molecule has 2 atom stereocenters. The molecule has 2 unspecified atom stereocenters. The summed E-state index contributed by atoms with van der Waals surface area (Å²) in [4.78, 5) is 33.0. The molecule has 0 radical (unpaired) electrons. The second kappa shape index (κ2) is 7.63. The van der Waals surface area contributed by atoms with Crippen LogP contribution in [0.25, 0.3) is 22.2 Å². The molecule has 0 saturated carbocycles. The van der Waals surface area contributed by atoms with E-state index in [2.05, 4.69) is 9.97 Å². The van der Waals surface area contributed by atoms with Gasteiger partial charge in [0.05, 0.1) is 29.1 Å². The molecule has 164 valence electrons. The molecule has 4 rings (SSSR count). The van der Waals surface area contributed by atoms with Gasteiger partial charge in [-0.2, -0.15) is 13.2 Å².